The molecule has 0 aromatic heterocycles. The molecule has 0 heterocycles. The first-order valence-electron chi connectivity index (χ1n) is 7.12. The normalized spacial score (nSPS) is 11.7. The standard InChI is InChI=1S/C18H22BrNS/c1-13-7-5-6-8-16(13)21-17-11-15(19)10-9-14(17)12-20-18(2,3)4/h5-11,20H,12H2,1-4H3. The summed E-state index contributed by atoms with van der Waals surface area (Å²) >= 11 is 5.42. The second-order valence-corrected chi connectivity index (χ2v) is 8.22. The van der Waals surface area contributed by atoms with Gasteiger partial charge < -0.3 is 5.32 Å². The molecule has 1 N–H and O–H groups in total. The summed E-state index contributed by atoms with van der Waals surface area (Å²) in [5.74, 6) is 0. The van der Waals surface area contributed by atoms with Crippen molar-refractivity contribution in [3.63, 3.8) is 0 Å². The van der Waals surface area contributed by atoms with E-state index in [0.717, 1.165) is 11.0 Å². The van der Waals surface area contributed by atoms with E-state index in [9.17, 15) is 0 Å². The Balaban J connectivity index is 2.25. The Morgan fingerprint density at radius 3 is 2.43 bits per heavy atom. The Labute approximate surface area is 140 Å². The molecule has 0 saturated carbocycles. The first-order valence-corrected chi connectivity index (χ1v) is 8.73. The summed E-state index contributed by atoms with van der Waals surface area (Å²) in [5, 5.41) is 3.57. The van der Waals surface area contributed by atoms with Crippen LogP contribution in [0.25, 0.3) is 0 Å². The van der Waals surface area contributed by atoms with Crippen molar-refractivity contribution in [3.05, 3.63) is 58.1 Å². The molecule has 0 radical (unpaired) electrons. The maximum atomic E-state index is 3.59. The molecule has 2 aromatic carbocycles. The Kier molecular flexibility index (Phi) is 5.53. The minimum absolute atomic E-state index is 0.123. The van der Waals surface area contributed by atoms with Gasteiger partial charge in [0.2, 0.25) is 0 Å². The van der Waals surface area contributed by atoms with Crippen LogP contribution >= 0.6 is 27.7 Å². The minimum atomic E-state index is 0.123. The van der Waals surface area contributed by atoms with Gasteiger partial charge >= 0.3 is 0 Å². The molecule has 2 aromatic rings. The summed E-state index contributed by atoms with van der Waals surface area (Å²) in [7, 11) is 0. The third-order valence-corrected chi connectivity index (χ3v) is 4.92. The van der Waals surface area contributed by atoms with Gasteiger partial charge in [0, 0.05) is 26.3 Å². The van der Waals surface area contributed by atoms with Gasteiger partial charge in [0.1, 0.15) is 0 Å². The molecule has 0 unspecified atom stereocenters. The molecule has 0 aliphatic heterocycles. The van der Waals surface area contributed by atoms with E-state index >= 15 is 0 Å². The number of halogens is 1. The second kappa shape index (κ2) is 6.99. The van der Waals surface area contributed by atoms with E-state index in [2.05, 4.69) is 91.4 Å². The number of rotatable bonds is 4. The van der Waals surface area contributed by atoms with Crippen molar-refractivity contribution in [3.8, 4) is 0 Å². The molecule has 1 nitrogen and oxygen atoms in total. The van der Waals surface area contributed by atoms with Gasteiger partial charge in [0.15, 0.2) is 0 Å². The highest BCUT2D eigenvalue weighted by Crippen LogP contribution is 2.34. The molecule has 112 valence electrons. The molecule has 0 fully saturated rings. The van der Waals surface area contributed by atoms with E-state index < -0.39 is 0 Å². The summed E-state index contributed by atoms with van der Waals surface area (Å²) in [5.41, 5.74) is 2.77. The predicted octanol–water partition coefficient (Wildman–Crippen LogP) is 5.80. The molecule has 0 saturated heterocycles. The van der Waals surface area contributed by atoms with E-state index in [0.29, 0.717) is 0 Å². The summed E-state index contributed by atoms with van der Waals surface area (Å²) in [6, 6.07) is 15.0. The SMILES string of the molecule is Cc1ccccc1Sc1cc(Br)ccc1CNC(C)(C)C. The van der Waals surface area contributed by atoms with Crippen LogP contribution in [0.3, 0.4) is 0 Å². The van der Waals surface area contributed by atoms with Gasteiger partial charge in [0.25, 0.3) is 0 Å². The maximum Gasteiger partial charge on any atom is 0.0221 e. The summed E-state index contributed by atoms with van der Waals surface area (Å²) < 4.78 is 1.12. The molecule has 0 amide bonds. The zero-order valence-electron chi connectivity index (χ0n) is 13.0. The van der Waals surface area contributed by atoms with Crippen LogP contribution in [0.5, 0.6) is 0 Å². The van der Waals surface area contributed by atoms with Crippen molar-refractivity contribution in [2.75, 3.05) is 0 Å². The third-order valence-electron chi connectivity index (χ3n) is 3.15. The van der Waals surface area contributed by atoms with Crippen LogP contribution in [-0.2, 0) is 6.54 Å². The fraction of sp³-hybridized carbons (Fsp3) is 0.333. The van der Waals surface area contributed by atoms with Crippen LogP contribution in [-0.4, -0.2) is 5.54 Å². The van der Waals surface area contributed by atoms with Crippen LogP contribution in [0.2, 0.25) is 0 Å². The zero-order chi connectivity index (χ0) is 15.5. The van der Waals surface area contributed by atoms with Crippen LogP contribution in [0, 0.1) is 6.92 Å². The first-order chi connectivity index (χ1) is 9.85. The topological polar surface area (TPSA) is 12.0 Å². The van der Waals surface area contributed by atoms with Crippen molar-refractivity contribution in [1.82, 2.24) is 5.32 Å². The van der Waals surface area contributed by atoms with E-state index in [4.69, 9.17) is 0 Å². The van der Waals surface area contributed by atoms with Gasteiger partial charge in [-0.2, -0.15) is 0 Å². The highest BCUT2D eigenvalue weighted by Gasteiger charge is 2.12. The van der Waals surface area contributed by atoms with Crippen molar-refractivity contribution in [2.45, 2.75) is 49.6 Å². The smallest absolute Gasteiger partial charge is 0.0221 e. The third kappa shape index (κ3) is 5.17. The molecule has 0 spiro atoms. The van der Waals surface area contributed by atoms with Gasteiger partial charge in [-0.3, -0.25) is 0 Å². The molecule has 21 heavy (non-hydrogen) atoms. The Hall–Kier alpha value is -0.770. The van der Waals surface area contributed by atoms with Gasteiger partial charge in [0.05, 0.1) is 0 Å². The van der Waals surface area contributed by atoms with Gasteiger partial charge in [-0.25, -0.2) is 0 Å². The number of nitrogens with one attached hydrogen (secondary N) is 1. The van der Waals surface area contributed by atoms with E-state index in [1.165, 1.54) is 20.9 Å². The molecule has 0 bridgehead atoms. The van der Waals surface area contributed by atoms with Crippen molar-refractivity contribution < 1.29 is 0 Å². The predicted molar refractivity (Wildman–Crippen MR) is 96.0 cm³/mol. The van der Waals surface area contributed by atoms with Crippen LogP contribution in [0.15, 0.2) is 56.7 Å². The Morgan fingerprint density at radius 2 is 1.76 bits per heavy atom. The summed E-state index contributed by atoms with van der Waals surface area (Å²) in [4.78, 5) is 2.61. The van der Waals surface area contributed by atoms with Crippen molar-refractivity contribution in [2.24, 2.45) is 0 Å². The van der Waals surface area contributed by atoms with Crippen LogP contribution < -0.4 is 5.32 Å². The Morgan fingerprint density at radius 1 is 1.05 bits per heavy atom. The van der Waals surface area contributed by atoms with Crippen molar-refractivity contribution >= 4 is 27.7 Å². The zero-order valence-corrected chi connectivity index (χ0v) is 15.4. The minimum Gasteiger partial charge on any atom is -0.308 e. The van der Waals surface area contributed by atoms with E-state index in [-0.39, 0.29) is 5.54 Å². The quantitative estimate of drug-likeness (QED) is 0.736. The number of hydrogen-bond donors (Lipinski definition) is 1. The maximum absolute atomic E-state index is 3.59. The fourth-order valence-electron chi connectivity index (χ4n) is 1.92. The molecule has 3 heteroatoms. The monoisotopic (exact) mass is 363 g/mol. The highest BCUT2D eigenvalue weighted by molar-refractivity contribution is 9.10. The molecule has 0 aliphatic carbocycles. The van der Waals surface area contributed by atoms with E-state index in [1.54, 1.807) is 0 Å². The molecule has 2 rings (SSSR count). The lowest BCUT2D eigenvalue weighted by Crippen LogP contribution is -2.35. The fourth-order valence-corrected chi connectivity index (χ4v) is 3.50. The second-order valence-electron chi connectivity index (χ2n) is 6.22. The largest absolute Gasteiger partial charge is 0.308 e. The molecule has 0 atom stereocenters. The van der Waals surface area contributed by atoms with E-state index in [1.807, 2.05) is 11.8 Å². The molecular weight excluding hydrogens is 342 g/mol. The lowest BCUT2D eigenvalue weighted by Gasteiger charge is -2.22. The molecular formula is C18H22BrNS. The first kappa shape index (κ1) is 16.6. The van der Waals surface area contributed by atoms with Crippen LogP contribution in [0.1, 0.15) is 31.9 Å². The Bertz CT molecular complexity index is 617. The highest BCUT2D eigenvalue weighted by atomic mass is 79.9. The van der Waals surface area contributed by atoms with Crippen molar-refractivity contribution in [1.29, 1.82) is 0 Å². The van der Waals surface area contributed by atoms with Gasteiger partial charge in [-0.05, 0) is 57.0 Å². The van der Waals surface area contributed by atoms with Gasteiger partial charge in [-0.1, -0.05) is 52.0 Å². The lowest BCUT2D eigenvalue weighted by atomic mass is 10.1. The number of aryl methyl sites for hydroxylation is 1. The summed E-state index contributed by atoms with van der Waals surface area (Å²) in [6.07, 6.45) is 0. The summed E-state index contributed by atoms with van der Waals surface area (Å²) in [6.45, 7) is 9.62. The number of hydrogen-bond acceptors (Lipinski definition) is 2. The van der Waals surface area contributed by atoms with Crippen LogP contribution in [0.4, 0.5) is 0 Å². The molecule has 0 aliphatic rings. The number of benzene rings is 2. The average Bonchev–Trinajstić information content (AvgIpc) is 2.39. The van der Waals surface area contributed by atoms with Gasteiger partial charge in [-0.15, -0.1) is 0 Å². The average molecular weight is 364 g/mol. The lowest BCUT2D eigenvalue weighted by molar-refractivity contribution is 0.422.